The highest BCUT2D eigenvalue weighted by atomic mass is 32.2. The zero-order chi connectivity index (χ0) is 17.9. The molecule has 4 heteroatoms. The summed E-state index contributed by atoms with van der Waals surface area (Å²) >= 11 is 0. The third-order valence-corrected chi connectivity index (χ3v) is 5.69. The minimum atomic E-state index is -3.60. The molecule has 3 rings (SSSR count). The number of aryl methyl sites for hydroxylation is 1. The van der Waals surface area contributed by atoms with Crippen LogP contribution >= 0.6 is 0 Å². The van der Waals surface area contributed by atoms with Crippen molar-refractivity contribution < 1.29 is 8.42 Å². The molecule has 0 aliphatic heterocycles. The Balaban J connectivity index is 1.94. The first-order valence-electron chi connectivity index (χ1n) is 8.18. The standard InChI is InChI=1S/C21H21NO2S/c1-3-6-21(19-12-11-17-7-4-5-8-18(17)15-19)22-25(23,24)20-13-9-16(2)10-14-20/h3-5,7-15,21-22H,1,6H2,2H3. The Morgan fingerprint density at radius 3 is 2.36 bits per heavy atom. The van der Waals surface area contributed by atoms with Gasteiger partial charge in [0.15, 0.2) is 0 Å². The molecule has 3 nitrogen and oxygen atoms in total. The molecule has 128 valence electrons. The van der Waals surface area contributed by atoms with Gasteiger partial charge in [0, 0.05) is 0 Å². The molecule has 3 aromatic rings. The van der Waals surface area contributed by atoms with Crippen molar-refractivity contribution in [3.05, 3.63) is 90.5 Å². The fourth-order valence-corrected chi connectivity index (χ4v) is 4.05. The molecule has 0 amide bonds. The predicted octanol–water partition coefficient (Wildman–Crippen LogP) is 4.74. The third-order valence-electron chi connectivity index (χ3n) is 4.21. The Morgan fingerprint density at radius 2 is 1.68 bits per heavy atom. The smallest absolute Gasteiger partial charge is 0.207 e. The van der Waals surface area contributed by atoms with Gasteiger partial charge < -0.3 is 0 Å². The summed E-state index contributed by atoms with van der Waals surface area (Å²) < 4.78 is 28.3. The first kappa shape index (κ1) is 17.4. The van der Waals surface area contributed by atoms with Crippen molar-refractivity contribution in [2.45, 2.75) is 24.3 Å². The van der Waals surface area contributed by atoms with Gasteiger partial charge in [-0.05, 0) is 47.9 Å². The van der Waals surface area contributed by atoms with E-state index in [1.807, 2.05) is 49.4 Å². The summed E-state index contributed by atoms with van der Waals surface area (Å²) in [6, 6.07) is 20.5. The van der Waals surface area contributed by atoms with E-state index in [0.717, 1.165) is 21.9 Å². The van der Waals surface area contributed by atoms with Crippen LogP contribution in [0, 0.1) is 6.92 Å². The van der Waals surface area contributed by atoms with Gasteiger partial charge in [0.05, 0.1) is 10.9 Å². The Labute approximate surface area is 149 Å². The summed E-state index contributed by atoms with van der Waals surface area (Å²) in [6.07, 6.45) is 2.25. The maximum atomic E-state index is 12.7. The topological polar surface area (TPSA) is 46.2 Å². The predicted molar refractivity (Wildman–Crippen MR) is 103 cm³/mol. The van der Waals surface area contributed by atoms with Crippen molar-refractivity contribution in [1.82, 2.24) is 4.72 Å². The van der Waals surface area contributed by atoms with E-state index in [1.165, 1.54) is 0 Å². The Morgan fingerprint density at radius 1 is 1.00 bits per heavy atom. The molecule has 3 aromatic carbocycles. The second-order valence-electron chi connectivity index (χ2n) is 6.12. The Hall–Kier alpha value is -2.43. The summed E-state index contributed by atoms with van der Waals surface area (Å²) in [7, 11) is -3.60. The second kappa shape index (κ2) is 7.21. The molecule has 0 fully saturated rings. The van der Waals surface area contributed by atoms with Crippen LogP contribution in [0.2, 0.25) is 0 Å². The van der Waals surface area contributed by atoms with Gasteiger partial charge in [-0.25, -0.2) is 13.1 Å². The van der Waals surface area contributed by atoms with E-state index in [9.17, 15) is 8.42 Å². The van der Waals surface area contributed by atoms with E-state index in [2.05, 4.69) is 11.3 Å². The maximum Gasteiger partial charge on any atom is 0.241 e. The molecule has 0 saturated carbocycles. The minimum Gasteiger partial charge on any atom is -0.207 e. The fourth-order valence-electron chi connectivity index (χ4n) is 2.82. The highest BCUT2D eigenvalue weighted by molar-refractivity contribution is 7.89. The average Bonchev–Trinajstić information content (AvgIpc) is 2.61. The van der Waals surface area contributed by atoms with Gasteiger partial charge in [-0.3, -0.25) is 0 Å². The zero-order valence-electron chi connectivity index (χ0n) is 14.1. The molecule has 25 heavy (non-hydrogen) atoms. The SMILES string of the molecule is C=CCC(NS(=O)(=O)c1ccc(C)cc1)c1ccc2ccccc2c1. The molecule has 0 saturated heterocycles. The van der Waals surface area contributed by atoms with Crippen molar-refractivity contribution in [3.63, 3.8) is 0 Å². The van der Waals surface area contributed by atoms with Crippen LogP contribution in [0.15, 0.2) is 84.3 Å². The molecule has 0 aliphatic carbocycles. The summed E-state index contributed by atoms with van der Waals surface area (Å²) in [4.78, 5) is 0.271. The molecule has 1 atom stereocenters. The van der Waals surface area contributed by atoms with Crippen LogP contribution in [-0.4, -0.2) is 8.42 Å². The summed E-state index contributed by atoms with van der Waals surface area (Å²) in [5, 5.41) is 2.22. The first-order chi connectivity index (χ1) is 12.0. The van der Waals surface area contributed by atoms with Crippen LogP contribution in [-0.2, 0) is 10.0 Å². The third kappa shape index (κ3) is 3.98. The summed E-state index contributed by atoms with van der Waals surface area (Å²) in [5.41, 5.74) is 1.95. The molecule has 1 unspecified atom stereocenters. The number of benzene rings is 3. The largest absolute Gasteiger partial charge is 0.241 e. The molecule has 0 spiro atoms. The molecule has 0 aliphatic rings. The average molecular weight is 351 g/mol. The van der Waals surface area contributed by atoms with Gasteiger partial charge >= 0.3 is 0 Å². The van der Waals surface area contributed by atoms with Crippen LogP contribution in [0.1, 0.15) is 23.6 Å². The van der Waals surface area contributed by atoms with Gasteiger partial charge in [-0.15, -0.1) is 6.58 Å². The molecule has 0 aromatic heterocycles. The quantitative estimate of drug-likeness (QED) is 0.652. The lowest BCUT2D eigenvalue weighted by atomic mass is 10.0. The van der Waals surface area contributed by atoms with E-state index in [4.69, 9.17) is 0 Å². The van der Waals surface area contributed by atoms with Crippen LogP contribution in [0.5, 0.6) is 0 Å². The summed E-state index contributed by atoms with van der Waals surface area (Å²) in [5.74, 6) is 0. The van der Waals surface area contributed by atoms with Crippen LogP contribution in [0.25, 0.3) is 10.8 Å². The molecule has 0 bridgehead atoms. The lowest BCUT2D eigenvalue weighted by molar-refractivity contribution is 0.558. The number of sulfonamides is 1. The first-order valence-corrected chi connectivity index (χ1v) is 9.66. The number of rotatable bonds is 6. The van der Waals surface area contributed by atoms with Crippen molar-refractivity contribution in [3.8, 4) is 0 Å². The van der Waals surface area contributed by atoms with E-state index in [-0.39, 0.29) is 10.9 Å². The van der Waals surface area contributed by atoms with Crippen LogP contribution in [0.3, 0.4) is 0 Å². The van der Waals surface area contributed by atoms with Gasteiger partial charge in [-0.2, -0.15) is 0 Å². The molecular weight excluding hydrogens is 330 g/mol. The van der Waals surface area contributed by atoms with Crippen molar-refractivity contribution in [2.24, 2.45) is 0 Å². The number of hydrogen-bond donors (Lipinski definition) is 1. The minimum absolute atomic E-state index is 0.271. The van der Waals surface area contributed by atoms with Crippen molar-refractivity contribution >= 4 is 20.8 Å². The Bertz CT molecular complexity index is 992. The Kier molecular flexibility index (Phi) is 5.02. The zero-order valence-corrected chi connectivity index (χ0v) is 15.0. The molecular formula is C21H21NO2S. The molecule has 0 heterocycles. The lowest BCUT2D eigenvalue weighted by Crippen LogP contribution is -2.28. The summed E-state index contributed by atoms with van der Waals surface area (Å²) in [6.45, 7) is 5.70. The number of fused-ring (bicyclic) bond motifs is 1. The second-order valence-corrected chi connectivity index (χ2v) is 7.83. The van der Waals surface area contributed by atoms with Gasteiger partial charge in [0.1, 0.15) is 0 Å². The van der Waals surface area contributed by atoms with E-state index >= 15 is 0 Å². The number of nitrogens with one attached hydrogen (secondary N) is 1. The highest BCUT2D eigenvalue weighted by Gasteiger charge is 2.20. The van der Waals surface area contributed by atoms with Crippen LogP contribution < -0.4 is 4.72 Å². The molecule has 1 N–H and O–H groups in total. The van der Waals surface area contributed by atoms with E-state index < -0.39 is 10.0 Å². The fraction of sp³-hybridized carbons (Fsp3) is 0.143. The number of hydrogen-bond acceptors (Lipinski definition) is 2. The van der Waals surface area contributed by atoms with Crippen LogP contribution in [0.4, 0.5) is 0 Å². The van der Waals surface area contributed by atoms with Gasteiger partial charge in [0.25, 0.3) is 0 Å². The van der Waals surface area contributed by atoms with Gasteiger partial charge in [-0.1, -0.05) is 60.2 Å². The molecule has 0 radical (unpaired) electrons. The van der Waals surface area contributed by atoms with Crippen molar-refractivity contribution in [2.75, 3.05) is 0 Å². The maximum absolute atomic E-state index is 12.7. The van der Waals surface area contributed by atoms with E-state index in [1.54, 1.807) is 30.3 Å². The van der Waals surface area contributed by atoms with Crippen molar-refractivity contribution in [1.29, 1.82) is 0 Å². The van der Waals surface area contributed by atoms with Gasteiger partial charge in [0.2, 0.25) is 10.0 Å². The normalized spacial score (nSPS) is 12.8. The van der Waals surface area contributed by atoms with E-state index in [0.29, 0.717) is 6.42 Å². The highest BCUT2D eigenvalue weighted by Crippen LogP contribution is 2.25. The monoisotopic (exact) mass is 351 g/mol. The lowest BCUT2D eigenvalue weighted by Gasteiger charge is -2.18.